The fourth-order valence-electron chi connectivity index (χ4n) is 4.20. The van der Waals surface area contributed by atoms with Gasteiger partial charge in [0.1, 0.15) is 0 Å². The largest absolute Gasteiger partial charge is 0.378 e. The normalized spacial score (nSPS) is 35.5. The molecule has 116 valence electrons. The highest BCUT2D eigenvalue weighted by Crippen LogP contribution is 2.40. The molecule has 0 radical (unpaired) electrons. The van der Waals surface area contributed by atoms with Gasteiger partial charge in [0.25, 0.3) is 0 Å². The molecule has 0 N–H and O–H groups in total. The van der Waals surface area contributed by atoms with Crippen molar-refractivity contribution in [1.82, 2.24) is 0 Å². The summed E-state index contributed by atoms with van der Waals surface area (Å²) < 4.78 is 6.00. The molecular weight excluding hydrogens is 244 g/mol. The topological polar surface area (TPSA) is 9.23 Å². The predicted octanol–water partition coefficient (Wildman–Crippen LogP) is 5.74. The van der Waals surface area contributed by atoms with Gasteiger partial charge in [-0.2, -0.15) is 0 Å². The second-order valence-electron chi connectivity index (χ2n) is 6.96. The lowest BCUT2D eigenvalue weighted by Crippen LogP contribution is -2.28. The maximum atomic E-state index is 6.00. The Morgan fingerprint density at radius 2 is 1.50 bits per heavy atom. The standard InChI is InChI=1S/C19H34O/c1-3-5-15-20-19-13-11-18(12-14-19)17-9-7-16(6-4-2)8-10-17/h4,6,16-19H,3,5,7-15H2,1-2H3/b6-4+. The van der Waals surface area contributed by atoms with Gasteiger partial charge in [-0.25, -0.2) is 0 Å². The summed E-state index contributed by atoms with van der Waals surface area (Å²) in [5.74, 6) is 2.91. The van der Waals surface area contributed by atoms with Crippen molar-refractivity contribution in [3.05, 3.63) is 12.2 Å². The van der Waals surface area contributed by atoms with Crippen molar-refractivity contribution in [3.63, 3.8) is 0 Å². The van der Waals surface area contributed by atoms with Gasteiger partial charge in [-0.3, -0.25) is 0 Å². The summed E-state index contributed by atoms with van der Waals surface area (Å²) in [5.41, 5.74) is 0. The molecule has 2 fully saturated rings. The molecule has 2 saturated carbocycles. The van der Waals surface area contributed by atoms with Gasteiger partial charge in [-0.05, 0) is 82.5 Å². The number of hydrogen-bond acceptors (Lipinski definition) is 1. The molecule has 0 aromatic heterocycles. The third-order valence-electron chi connectivity index (χ3n) is 5.52. The SMILES string of the molecule is C/C=C/C1CCC(C2CCC(OCCCC)CC2)CC1. The summed E-state index contributed by atoms with van der Waals surface area (Å²) in [6, 6.07) is 0. The van der Waals surface area contributed by atoms with E-state index in [1.54, 1.807) is 0 Å². The van der Waals surface area contributed by atoms with Gasteiger partial charge in [0, 0.05) is 6.61 Å². The van der Waals surface area contributed by atoms with Crippen LogP contribution in [0.4, 0.5) is 0 Å². The minimum Gasteiger partial charge on any atom is -0.378 e. The first kappa shape index (κ1) is 16.1. The predicted molar refractivity (Wildman–Crippen MR) is 86.9 cm³/mol. The zero-order valence-corrected chi connectivity index (χ0v) is 13.7. The van der Waals surface area contributed by atoms with Crippen molar-refractivity contribution in [2.24, 2.45) is 17.8 Å². The number of ether oxygens (including phenoxy) is 1. The Labute approximate surface area is 126 Å². The third kappa shape index (κ3) is 4.91. The van der Waals surface area contributed by atoms with Crippen LogP contribution >= 0.6 is 0 Å². The molecule has 0 heterocycles. The highest BCUT2D eigenvalue weighted by atomic mass is 16.5. The highest BCUT2D eigenvalue weighted by Gasteiger charge is 2.30. The maximum Gasteiger partial charge on any atom is 0.0575 e. The molecule has 1 nitrogen and oxygen atoms in total. The van der Waals surface area contributed by atoms with E-state index in [9.17, 15) is 0 Å². The van der Waals surface area contributed by atoms with Gasteiger partial charge in [-0.1, -0.05) is 25.5 Å². The van der Waals surface area contributed by atoms with Crippen LogP contribution in [0.5, 0.6) is 0 Å². The molecule has 2 rings (SSSR count). The Hall–Kier alpha value is -0.300. The smallest absolute Gasteiger partial charge is 0.0575 e. The van der Waals surface area contributed by atoms with Crippen LogP contribution in [0, 0.1) is 17.8 Å². The van der Waals surface area contributed by atoms with E-state index < -0.39 is 0 Å². The Morgan fingerprint density at radius 3 is 2.05 bits per heavy atom. The lowest BCUT2D eigenvalue weighted by atomic mass is 9.70. The van der Waals surface area contributed by atoms with E-state index in [0.29, 0.717) is 6.10 Å². The van der Waals surface area contributed by atoms with Crippen molar-refractivity contribution >= 4 is 0 Å². The number of unbranched alkanes of at least 4 members (excludes halogenated alkanes) is 1. The van der Waals surface area contributed by atoms with Crippen molar-refractivity contribution in [2.45, 2.75) is 84.2 Å². The van der Waals surface area contributed by atoms with Gasteiger partial charge < -0.3 is 4.74 Å². The fourth-order valence-corrected chi connectivity index (χ4v) is 4.20. The van der Waals surface area contributed by atoms with E-state index in [1.165, 1.54) is 64.2 Å². The van der Waals surface area contributed by atoms with E-state index in [0.717, 1.165) is 24.4 Å². The van der Waals surface area contributed by atoms with Gasteiger partial charge >= 0.3 is 0 Å². The molecule has 0 aliphatic heterocycles. The van der Waals surface area contributed by atoms with Crippen LogP contribution in [-0.2, 0) is 4.74 Å². The number of rotatable bonds is 6. The molecule has 0 saturated heterocycles. The minimum absolute atomic E-state index is 0.581. The van der Waals surface area contributed by atoms with Crippen LogP contribution in [-0.4, -0.2) is 12.7 Å². The molecule has 2 aliphatic carbocycles. The van der Waals surface area contributed by atoms with Gasteiger partial charge in [0.2, 0.25) is 0 Å². The minimum atomic E-state index is 0.581. The second kappa shape index (κ2) is 8.87. The monoisotopic (exact) mass is 278 g/mol. The molecular formula is C19H34O. The maximum absolute atomic E-state index is 6.00. The van der Waals surface area contributed by atoms with E-state index >= 15 is 0 Å². The average Bonchev–Trinajstić information content (AvgIpc) is 2.49. The summed E-state index contributed by atoms with van der Waals surface area (Å²) in [7, 11) is 0. The van der Waals surface area contributed by atoms with Crippen molar-refractivity contribution in [3.8, 4) is 0 Å². The molecule has 0 amide bonds. The third-order valence-corrected chi connectivity index (χ3v) is 5.52. The zero-order chi connectivity index (χ0) is 14.2. The molecule has 0 spiro atoms. The molecule has 0 aromatic rings. The van der Waals surface area contributed by atoms with Gasteiger partial charge in [0.15, 0.2) is 0 Å². The molecule has 0 atom stereocenters. The molecule has 1 heteroatoms. The van der Waals surface area contributed by atoms with Crippen LogP contribution in [0.2, 0.25) is 0 Å². The van der Waals surface area contributed by atoms with E-state index in [-0.39, 0.29) is 0 Å². The summed E-state index contributed by atoms with van der Waals surface area (Å²) in [5, 5.41) is 0. The van der Waals surface area contributed by atoms with Crippen LogP contribution in [0.3, 0.4) is 0 Å². The lowest BCUT2D eigenvalue weighted by molar-refractivity contribution is 0.00645. The first-order valence-electron chi connectivity index (χ1n) is 9.07. The molecule has 20 heavy (non-hydrogen) atoms. The fraction of sp³-hybridized carbons (Fsp3) is 0.895. The summed E-state index contributed by atoms with van der Waals surface area (Å²) in [4.78, 5) is 0. The summed E-state index contributed by atoms with van der Waals surface area (Å²) in [6.07, 6.45) is 19.0. The molecule has 2 aliphatic rings. The van der Waals surface area contributed by atoms with Crippen LogP contribution in [0.1, 0.15) is 78.1 Å². The van der Waals surface area contributed by atoms with Gasteiger partial charge in [0.05, 0.1) is 6.10 Å². The van der Waals surface area contributed by atoms with Gasteiger partial charge in [-0.15, -0.1) is 0 Å². The first-order chi connectivity index (χ1) is 9.83. The highest BCUT2D eigenvalue weighted by molar-refractivity contribution is 4.90. The Balaban J connectivity index is 1.64. The summed E-state index contributed by atoms with van der Waals surface area (Å²) in [6.45, 7) is 5.39. The number of hydrogen-bond donors (Lipinski definition) is 0. The second-order valence-corrected chi connectivity index (χ2v) is 6.96. The lowest BCUT2D eigenvalue weighted by Gasteiger charge is -2.37. The van der Waals surface area contributed by atoms with Crippen LogP contribution < -0.4 is 0 Å². The van der Waals surface area contributed by atoms with Crippen molar-refractivity contribution in [1.29, 1.82) is 0 Å². The molecule has 0 bridgehead atoms. The first-order valence-corrected chi connectivity index (χ1v) is 9.07. The molecule has 0 aromatic carbocycles. The van der Waals surface area contributed by atoms with Crippen molar-refractivity contribution in [2.75, 3.05) is 6.61 Å². The van der Waals surface area contributed by atoms with E-state index in [2.05, 4.69) is 26.0 Å². The van der Waals surface area contributed by atoms with Crippen LogP contribution in [0.25, 0.3) is 0 Å². The zero-order valence-electron chi connectivity index (χ0n) is 13.7. The van der Waals surface area contributed by atoms with E-state index in [4.69, 9.17) is 4.74 Å². The van der Waals surface area contributed by atoms with E-state index in [1.807, 2.05) is 0 Å². The Kier molecular flexibility index (Phi) is 7.13. The summed E-state index contributed by atoms with van der Waals surface area (Å²) >= 11 is 0. The van der Waals surface area contributed by atoms with Crippen molar-refractivity contribution < 1.29 is 4.74 Å². The average molecular weight is 278 g/mol. The Bertz CT molecular complexity index is 267. The number of allylic oxidation sites excluding steroid dienone is 2. The quantitative estimate of drug-likeness (QED) is 0.444. The molecule has 0 unspecified atom stereocenters. The Morgan fingerprint density at radius 1 is 0.900 bits per heavy atom. The van der Waals surface area contributed by atoms with Crippen LogP contribution in [0.15, 0.2) is 12.2 Å².